The Morgan fingerprint density at radius 3 is 2.59 bits per heavy atom. The summed E-state index contributed by atoms with van der Waals surface area (Å²) in [6.45, 7) is 7.29. The van der Waals surface area contributed by atoms with Crippen LogP contribution in [-0.2, 0) is 17.9 Å². The van der Waals surface area contributed by atoms with Gasteiger partial charge in [0.15, 0.2) is 0 Å². The molecule has 0 saturated carbocycles. The summed E-state index contributed by atoms with van der Waals surface area (Å²) in [6.07, 6.45) is 9.66. The normalized spacial score (nSPS) is 13.9. The SMILES string of the molecule is Cc1ccc(Cn2c(C)c3cnn(CC(=O)NCCC4=CCCCC4)c(=O)c3c2C)cc1. The standard InChI is InChI=1S/C26H32N4O2/c1-18-9-11-22(12-10-18)16-29-19(2)23-15-28-30(26(32)25(23)20(29)3)17-24(31)27-14-13-21-7-5-4-6-8-21/h7,9-12,15H,4-6,8,13-14,16-17H2,1-3H3,(H,27,31). The van der Waals surface area contributed by atoms with E-state index in [-0.39, 0.29) is 18.0 Å². The highest BCUT2D eigenvalue weighted by Crippen LogP contribution is 2.23. The third-order valence-corrected chi connectivity index (χ3v) is 6.51. The Hall–Kier alpha value is -3.15. The lowest BCUT2D eigenvalue weighted by Crippen LogP contribution is -2.34. The van der Waals surface area contributed by atoms with E-state index in [1.165, 1.54) is 34.2 Å². The van der Waals surface area contributed by atoms with Crippen LogP contribution in [0.1, 0.15) is 54.6 Å². The molecule has 1 aromatic carbocycles. The molecule has 6 heteroatoms. The van der Waals surface area contributed by atoms with Gasteiger partial charge in [0.1, 0.15) is 6.54 Å². The molecular weight excluding hydrogens is 400 g/mol. The summed E-state index contributed by atoms with van der Waals surface area (Å²) in [6, 6.07) is 8.43. The summed E-state index contributed by atoms with van der Waals surface area (Å²) in [7, 11) is 0. The summed E-state index contributed by atoms with van der Waals surface area (Å²) in [4.78, 5) is 25.6. The number of allylic oxidation sites excluding steroid dienone is 1. The first-order valence-electron chi connectivity index (χ1n) is 11.5. The molecule has 3 aromatic rings. The molecule has 0 bridgehead atoms. The fourth-order valence-corrected chi connectivity index (χ4v) is 4.56. The molecule has 1 N–H and O–H groups in total. The number of carbonyl (C=O) groups is 1. The molecular formula is C26H32N4O2. The number of amides is 1. The number of hydrogen-bond donors (Lipinski definition) is 1. The number of nitrogens with one attached hydrogen (secondary N) is 1. The molecule has 2 aromatic heterocycles. The highest BCUT2D eigenvalue weighted by Gasteiger charge is 2.17. The van der Waals surface area contributed by atoms with Crippen LogP contribution < -0.4 is 10.9 Å². The lowest BCUT2D eigenvalue weighted by Gasteiger charge is -2.13. The summed E-state index contributed by atoms with van der Waals surface area (Å²) in [5.74, 6) is -0.177. The fraction of sp³-hybridized carbons (Fsp3) is 0.423. The smallest absolute Gasteiger partial charge is 0.276 e. The number of fused-ring (bicyclic) bond motifs is 1. The molecule has 6 nitrogen and oxygen atoms in total. The number of aryl methyl sites for hydroxylation is 3. The summed E-state index contributed by atoms with van der Waals surface area (Å²) in [5.41, 5.74) is 5.54. The second-order valence-electron chi connectivity index (χ2n) is 8.85. The predicted molar refractivity (Wildman–Crippen MR) is 128 cm³/mol. The molecule has 0 radical (unpaired) electrons. The average molecular weight is 433 g/mol. The number of hydrogen-bond acceptors (Lipinski definition) is 3. The largest absolute Gasteiger partial charge is 0.354 e. The van der Waals surface area contributed by atoms with E-state index in [2.05, 4.69) is 52.2 Å². The van der Waals surface area contributed by atoms with Crippen molar-refractivity contribution in [1.82, 2.24) is 19.7 Å². The van der Waals surface area contributed by atoms with Crippen molar-refractivity contribution in [2.24, 2.45) is 0 Å². The van der Waals surface area contributed by atoms with Crippen molar-refractivity contribution < 1.29 is 4.79 Å². The van der Waals surface area contributed by atoms with Gasteiger partial charge >= 0.3 is 0 Å². The molecule has 1 aliphatic carbocycles. The van der Waals surface area contributed by atoms with Crippen LogP contribution in [0.25, 0.3) is 10.8 Å². The Kier molecular flexibility index (Phi) is 6.58. The summed E-state index contributed by atoms with van der Waals surface area (Å²) >= 11 is 0. The lowest BCUT2D eigenvalue weighted by molar-refractivity contribution is -0.121. The number of benzene rings is 1. The monoisotopic (exact) mass is 432 g/mol. The minimum Gasteiger partial charge on any atom is -0.354 e. The molecule has 4 rings (SSSR count). The van der Waals surface area contributed by atoms with E-state index in [4.69, 9.17) is 0 Å². The number of aromatic nitrogens is 3. The van der Waals surface area contributed by atoms with Crippen molar-refractivity contribution in [1.29, 1.82) is 0 Å². The van der Waals surface area contributed by atoms with Gasteiger partial charge in [-0.3, -0.25) is 9.59 Å². The maximum absolute atomic E-state index is 13.2. The van der Waals surface area contributed by atoms with E-state index in [9.17, 15) is 9.59 Å². The van der Waals surface area contributed by atoms with Gasteiger partial charge in [0.2, 0.25) is 5.91 Å². The molecule has 0 saturated heterocycles. The van der Waals surface area contributed by atoms with Gasteiger partial charge in [0.05, 0.1) is 11.6 Å². The van der Waals surface area contributed by atoms with Crippen molar-refractivity contribution in [3.05, 3.63) is 75.0 Å². The van der Waals surface area contributed by atoms with Gasteiger partial charge in [0, 0.05) is 29.9 Å². The number of nitrogens with zero attached hydrogens (tertiary/aromatic N) is 3. The van der Waals surface area contributed by atoms with Gasteiger partial charge < -0.3 is 9.88 Å². The van der Waals surface area contributed by atoms with Crippen molar-refractivity contribution in [3.8, 4) is 0 Å². The van der Waals surface area contributed by atoms with Gasteiger partial charge in [-0.15, -0.1) is 0 Å². The van der Waals surface area contributed by atoms with Crippen molar-refractivity contribution >= 4 is 16.7 Å². The Morgan fingerprint density at radius 2 is 1.88 bits per heavy atom. The quantitative estimate of drug-likeness (QED) is 0.570. The molecule has 0 fully saturated rings. The maximum Gasteiger partial charge on any atom is 0.276 e. The van der Waals surface area contributed by atoms with Gasteiger partial charge in [0.25, 0.3) is 5.56 Å². The molecule has 0 spiro atoms. The summed E-state index contributed by atoms with van der Waals surface area (Å²) < 4.78 is 3.43. The average Bonchev–Trinajstić information content (AvgIpc) is 3.03. The highest BCUT2D eigenvalue weighted by molar-refractivity contribution is 5.87. The van der Waals surface area contributed by atoms with Crippen molar-refractivity contribution in [2.75, 3.05) is 6.54 Å². The Bertz CT molecular complexity index is 1220. The number of rotatable bonds is 7. The second-order valence-corrected chi connectivity index (χ2v) is 8.85. The summed E-state index contributed by atoms with van der Waals surface area (Å²) in [5, 5.41) is 8.73. The van der Waals surface area contributed by atoms with E-state index >= 15 is 0 Å². The highest BCUT2D eigenvalue weighted by atomic mass is 16.2. The van der Waals surface area contributed by atoms with E-state index < -0.39 is 0 Å². The van der Waals surface area contributed by atoms with Gasteiger partial charge in [-0.25, -0.2) is 4.68 Å². The molecule has 0 aliphatic heterocycles. The molecule has 1 aliphatic rings. The first kappa shape index (κ1) is 22.1. The maximum atomic E-state index is 13.2. The van der Waals surface area contributed by atoms with Crippen LogP contribution in [0, 0.1) is 20.8 Å². The van der Waals surface area contributed by atoms with Crippen LogP contribution in [-0.4, -0.2) is 26.8 Å². The molecule has 2 heterocycles. The third kappa shape index (κ3) is 4.69. The Morgan fingerprint density at radius 1 is 1.09 bits per heavy atom. The number of carbonyl (C=O) groups excluding carboxylic acids is 1. The third-order valence-electron chi connectivity index (χ3n) is 6.51. The van der Waals surface area contributed by atoms with Gasteiger partial charge in [-0.2, -0.15) is 5.10 Å². The topological polar surface area (TPSA) is 68.9 Å². The first-order chi connectivity index (χ1) is 15.4. The molecule has 168 valence electrons. The predicted octanol–water partition coefficient (Wildman–Crippen LogP) is 4.18. The van der Waals surface area contributed by atoms with Crippen LogP contribution in [0.3, 0.4) is 0 Å². The molecule has 0 atom stereocenters. The zero-order valence-corrected chi connectivity index (χ0v) is 19.3. The van der Waals surface area contributed by atoms with Gasteiger partial charge in [-0.1, -0.05) is 41.5 Å². The van der Waals surface area contributed by atoms with E-state index in [1.807, 2.05) is 13.8 Å². The van der Waals surface area contributed by atoms with Crippen LogP contribution in [0.15, 0.2) is 46.9 Å². The first-order valence-corrected chi connectivity index (χ1v) is 11.5. The molecule has 1 amide bonds. The van der Waals surface area contributed by atoms with E-state index in [1.54, 1.807) is 6.20 Å². The minimum absolute atomic E-state index is 0.0601. The van der Waals surface area contributed by atoms with Crippen molar-refractivity contribution in [2.45, 2.75) is 66.0 Å². The van der Waals surface area contributed by atoms with Gasteiger partial charge in [-0.05, 0) is 58.4 Å². The minimum atomic E-state index is -0.212. The second kappa shape index (κ2) is 9.55. The van der Waals surface area contributed by atoms with Crippen LogP contribution in [0.4, 0.5) is 0 Å². The van der Waals surface area contributed by atoms with Crippen LogP contribution in [0.2, 0.25) is 0 Å². The zero-order valence-electron chi connectivity index (χ0n) is 19.3. The lowest BCUT2D eigenvalue weighted by atomic mass is 9.97. The van der Waals surface area contributed by atoms with E-state index in [0.717, 1.165) is 36.0 Å². The fourth-order valence-electron chi connectivity index (χ4n) is 4.56. The van der Waals surface area contributed by atoms with E-state index in [0.29, 0.717) is 18.5 Å². The van der Waals surface area contributed by atoms with Crippen molar-refractivity contribution in [3.63, 3.8) is 0 Å². The van der Waals surface area contributed by atoms with Crippen LogP contribution in [0.5, 0.6) is 0 Å². The molecule has 32 heavy (non-hydrogen) atoms. The van der Waals surface area contributed by atoms with Crippen LogP contribution >= 0.6 is 0 Å². The zero-order chi connectivity index (χ0) is 22.7. The Labute approximate surface area is 188 Å². The Balaban J connectivity index is 1.50. The molecule has 0 unspecified atom stereocenters.